The van der Waals surface area contributed by atoms with Gasteiger partial charge in [-0.1, -0.05) is 17.7 Å². The standard InChI is InChI=1S/C14H17ClFN3OS/c15-10-2-1-3-11(16)9(10)6-7-19-14(20)13(21-18)12(17)8-4-5-8/h1-3,8H,4-7,17-18H2,(H,19,20)/b13-12-. The van der Waals surface area contributed by atoms with Gasteiger partial charge in [-0.25, -0.2) is 4.39 Å². The molecule has 0 aromatic heterocycles. The summed E-state index contributed by atoms with van der Waals surface area (Å²) in [6.07, 6.45) is 2.30. The first-order valence-corrected chi connectivity index (χ1v) is 7.87. The summed E-state index contributed by atoms with van der Waals surface area (Å²) < 4.78 is 13.6. The number of hydrogen-bond acceptors (Lipinski definition) is 4. The molecule has 1 aromatic rings. The molecular weight excluding hydrogens is 313 g/mol. The zero-order valence-corrected chi connectivity index (χ0v) is 12.9. The fourth-order valence-electron chi connectivity index (χ4n) is 1.98. The lowest BCUT2D eigenvalue weighted by atomic mass is 10.1. The van der Waals surface area contributed by atoms with E-state index in [1.54, 1.807) is 12.1 Å². The molecule has 0 unspecified atom stereocenters. The molecule has 0 spiro atoms. The third kappa shape index (κ3) is 4.12. The lowest BCUT2D eigenvalue weighted by molar-refractivity contribution is -0.116. The summed E-state index contributed by atoms with van der Waals surface area (Å²) in [6, 6.07) is 4.51. The van der Waals surface area contributed by atoms with E-state index in [9.17, 15) is 9.18 Å². The molecule has 2 rings (SSSR count). The SMILES string of the molecule is NS/C(C(=O)NCCc1c(F)cccc1Cl)=C(\N)C1CC1. The van der Waals surface area contributed by atoms with E-state index in [2.05, 4.69) is 5.32 Å². The molecule has 1 aliphatic carbocycles. The molecule has 1 aliphatic rings. The van der Waals surface area contributed by atoms with E-state index < -0.39 is 0 Å². The predicted molar refractivity (Wildman–Crippen MR) is 83.8 cm³/mol. The van der Waals surface area contributed by atoms with Gasteiger partial charge >= 0.3 is 0 Å². The van der Waals surface area contributed by atoms with Gasteiger partial charge in [0.25, 0.3) is 5.91 Å². The zero-order valence-electron chi connectivity index (χ0n) is 11.4. The van der Waals surface area contributed by atoms with E-state index in [4.69, 9.17) is 22.5 Å². The van der Waals surface area contributed by atoms with Crippen LogP contribution in [0, 0.1) is 11.7 Å². The average molecular weight is 330 g/mol. The second-order valence-corrected chi connectivity index (χ2v) is 5.93. The Kier molecular flexibility index (Phi) is 5.50. The normalized spacial score (nSPS) is 15.6. The molecule has 0 radical (unpaired) electrons. The molecule has 1 aromatic carbocycles. The fraction of sp³-hybridized carbons (Fsp3) is 0.357. The van der Waals surface area contributed by atoms with Crippen LogP contribution in [0.3, 0.4) is 0 Å². The van der Waals surface area contributed by atoms with Gasteiger partial charge in [0.1, 0.15) is 10.7 Å². The first kappa shape index (κ1) is 16.1. The molecule has 0 heterocycles. The maximum absolute atomic E-state index is 13.6. The van der Waals surface area contributed by atoms with Crippen LogP contribution in [0.25, 0.3) is 0 Å². The van der Waals surface area contributed by atoms with Crippen molar-refractivity contribution in [3.05, 3.63) is 45.2 Å². The van der Waals surface area contributed by atoms with Gasteiger partial charge in [-0.05, 0) is 49.3 Å². The maximum Gasteiger partial charge on any atom is 0.260 e. The van der Waals surface area contributed by atoms with Gasteiger partial charge in [0.05, 0.1) is 0 Å². The number of nitrogens with one attached hydrogen (secondary N) is 1. The van der Waals surface area contributed by atoms with Crippen LogP contribution in [-0.2, 0) is 11.2 Å². The number of halogens is 2. The van der Waals surface area contributed by atoms with E-state index in [0.717, 1.165) is 24.8 Å². The van der Waals surface area contributed by atoms with Crippen molar-refractivity contribution in [2.24, 2.45) is 16.8 Å². The minimum atomic E-state index is -0.377. The lowest BCUT2D eigenvalue weighted by Gasteiger charge is -2.10. The fourth-order valence-corrected chi connectivity index (χ4v) is 2.72. The highest BCUT2D eigenvalue weighted by Gasteiger charge is 2.28. The predicted octanol–water partition coefficient (Wildman–Crippen LogP) is 2.33. The average Bonchev–Trinajstić information content (AvgIpc) is 3.27. The minimum Gasteiger partial charge on any atom is -0.401 e. The number of carbonyl (C=O) groups is 1. The summed E-state index contributed by atoms with van der Waals surface area (Å²) >= 11 is 6.78. The molecule has 5 N–H and O–H groups in total. The quantitative estimate of drug-likeness (QED) is 0.552. The summed E-state index contributed by atoms with van der Waals surface area (Å²) in [5.74, 6) is -0.430. The molecular formula is C14H17ClFN3OS. The topological polar surface area (TPSA) is 81.1 Å². The number of carbonyl (C=O) groups excluding carboxylic acids is 1. The van der Waals surface area contributed by atoms with Crippen LogP contribution < -0.4 is 16.2 Å². The smallest absolute Gasteiger partial charge is 0.260 e. The largest absolute Gasteiger partial charge is 0.401 e. The Balaban J connectivity index is 1.94. The number of allylic oxidation sites excluding steroid dienone is 1. The monoisotopic (exact) mass is 329 g/mol. The van der Waals surface area contributed by atoms with Crippen LogP contribution in [0.2, 0.25) is 5.02 Å². The van der Waals surface area contributed by atoms with Gasteiger partial charge in [0.2, 0.25) is 0 Å². The van der Waals surface area contributed by atoms with Crippen LogP contribution in [-0.4, -0.2) is 12.5 Å². The van der Waals surface area contributed by atoms with Crippen LogP contribution >= 0.6 is 23.5 Å². The van der Waals surface area contributed by atoms with Crippen LogP contribution in [0.5, 0.6) is 0 Å². The van der Waals surface area contributed by atoms with Crippen molar-refractivity contribution in [3.8, 4) is 0 Å². The van der Waals surface area contributed by atoms with E-state index in [1.165, 1.54) is 6.07 Å². The second-order valence-electron chi connectivity index (χ2n) is 4.88. The molecule has 0 atom stereocenters. The Morgan fingerprint density at radius 1 is 1.48 bits per heavy atom. The molecule has 0 aliphatic heterocycles. The number of rotatable bonds is 6. The van der Waals surface area contributed by atoms with Crippen molar-refractivity contribution in [1.29, 1.82) is 0 Å². The van der Waals surface area contributed by atoms with Crippen molar-refractivity contribution in [3.63, 3.8) is 0 Å². The Hall–Kier alpha value is -1.24. The van der Waals surface area contributed by atoms with Crippen LogP contribution in [0.1, 0.15) is 18.4 Å². The number of nitrogens with two attached hydrogens (primary N) is 2. The van der Waals surface area contributed by atoms with Crippen molar-refractivity contribution < 1.29 is 9.18 Å². The number of hydrogen-bond donors (Lipinski definition) is 3. The van der Waals surface area contributed by atoms with Crippen molar-refractivity contribution >= 4 is 29.5 Å². The van der Waals surface area contributed by atoms with Crippen molar-refractivity contribution in [2.45, 2.75) is 19.3 Å². The van der Waals surface area contributed by atoms with Gasteiger partial charge in [-0.3, -0.25) is 9.93 Å². The Bertz CT molecular complexity index is 555. The van der Waals surface area contributed by atoms with Crippen molar-refractivity contribution in [1.82, 2.24) is 5.32 Å². The summed E-state index contributed by atoms with van der Waals surface area (Å²) in [5.41, 5.74) is 6.84. The van der Waals surface area contributed by atoms with Crippen LogP contribution in [0.15, 0.2) is 28.8 Å². The second kappa shape index (κ2) is 7.15. The summed E-state index contributed by atoms with van der Waals surface area (Å²) in [6.45, 7) is 0.265. The molecule has 7 heteroatoms. The third-order valence-electron chi connectivity index (χ3n) is 3.33. The van der Waals surface area contributed by atoms with E-state index >= 15 is 0 Å². The summed E-state index contributed by atoms with van der Waals surface area (Å²) in [4.78, 5) is 12.4. The summed E-state index contributed by atoms with van der Waals surface area (Å²) in [5, 5.41) is 8.56. The van der Waals surface area contributed by atoms with E-state index in [-0.39, 0.29) is 24.2 Å². The number of amides is 1. The third-order valence-corrected chi connectivity index (χ3v) is 4.34. The highest BCUT2D eigenvalue weighted by atomic mass is 35.5. The number of benzene rings is 1. The zero-order chi connectivity index (χ0) is 15.4. The maximum atomic E-state index is 13.6. The minimum absolute atomic E-state index is 0.265. The molecule has 114 valence electrons. The Morgan fingerprint density at radius 2 is 2.19 bits per heavy atom. The first-order valence-electron chi connectivity index (χ1n) is 6.62. The Morgan fingerprint density at radius 3 is 2.76 bits per heavy atom. The van der Waals surface area contributed by atoms with Gasteiger partial charge < -0.3 is 11.1 Å². The lowest BCUT2D eigenvalue weighted by Crippen LogP contribution is -2.29. The summed E-state index contributed by atoms with van der Waals surface area (Å²) in [7, 11) is 0. The van der Waals surface area contributed by atoms with Crippen LogP contribution in [0.4, 0.5) is 4.39 Å². The molecule has 0 bridgehead atoms. The molecule has 0 saturated heterocycles. The van der Waals surface area contributed by atoms with Gasteiger partial charge in [0, 0.05) is 22.8 Å². The molecule has 1 fully saturated rings. The molecule has 1 amide bonds. The first-order chi connectivity index (χ1) is 10.0. The van der Waals surface area contributed by atoms with Gasteiger partial charge in [-0.15, -0.1) is 0 Å². The molecule has 21 heavy (non-hydrogen) atoms. The highest BCUT2D eigenvalue weighted by molar-refractivity contribution is 8.01. The van der Waals surface area contributed by atoms with Gasteiger partial charge in [-0.2, -0.15) is 0 Å². The van der Waals surface area contributed by atoms with Gasteiger partial charge in [0.15, 0.2) is 0 Å². The highest BCUT2D eigenvalue weighted by Crippen LogP contribution is 2.36. The molecule has 1 saturated carbocycles. The molecule has 4 nitrogen and oxygen atoms in total. The van der Waals surface area contributed by atoms with E-state index in [0.29, 0.717) is 27.6 Å². The Labute approximate surface area is 132 Å². The van der Waals surface area contributed by atoms with E-state index in [1.807, 2.05) is 0 Å². The van der Waals surface area contributed by atoms with Crippen molar-refractivity contribution in [2.75, 3.05) is 6.54 Å².